The quantitative estimate of drug-likeness (QED) is 0.697. The summed E-state index contributed by atoms with van der Waals surface area (Å²) < 4.78 is 0. The molecule has 0 aliphatic carbocycles. The average Bonchev–Trinajstić information content (AvgIpc) is 2.50. The fourth-order valence-corrected chi connectivity index (χ4v) is 1.63. The molecular formula is C16H20N2O3. The number of rotatable bonds is 5. The Bertz CT molecular complexity index is 558. The fourth-order valence-electron chi connectivity index (χ4n) is 1.63. The van der Waals surface area contributed by atoms with E-state index in [0.717, 1.165) is 6.42 Å². The summed E-state index contributed by atoms with van der Waals surface area (Å²) in [5.74, 6) is 4.72. The SMILES string of the molecule is CCCNC(=O)C(C)NC(=O)c1cccc(C#CCO)c1. The summed E-state index contributed by atoms with van der Waals surface area (Å²) in [7, 11) is 0. The third-order valence-corrected chi connectivity index (χ3v) is 2.73. The molecule has 0 saturated carbocycles. The average molecular weight is 288 g/mol. The molecule has 0 fully saturated rings. The highest BCUT2D eigenvalue weighted by Crippen LogP contribution is 2.04. The summed E-state index contributed by atoms with van der Waals surface area (Å²) in [6.45, 7) is 3.96. The van der Waals surface area contributed by atoms with Gasteiger partial charge in [-0.25, -0.2) is 0 Å². The number of benzene rings is 1. The second kappa shape index (κ2) is 8.77. The summed E-state index contributed by atoms with van der Waals surface area (Å²) >= 11 is 0. The Morgan fingerprint density at radius 2 is 2.14 bits per heavy atom. The van der Waals surface area contributed by atoms with Crippen LogP contribution < -0.4 is 10.6 Å². The predicted octanol–water partition coefficient (Wildman–Crippen LogP) is 0.675. The van der Waals surface area contributed by atoms with Crippen molar-refractivity contribution in [3.8, 4) is 11.8 Å². The van der Waals surface area contributed by atoms with E-state index >= 15 is 0 Å². The molecule has 0 aliphatic rings. The standard InChI is InChI=1S/C16H20N2O3/c1-3-9-17-15(20)12(2)18-16(21)14-8-4-6-13(11-14)7-5-10-19/h4,6,8,11-12,19H,3,9-10H2,1-2H3,(H,17,20)(H,18,21). The van der Waals surface area contributed by atoms with E-state index < -0.39 is 6.04 Å². The zero-order valence-electron chi connectivity index (χ0n) is 12.3. The zero-order valence-corrected chi connectivity index (χ0v) is 12.3. The summed E-state index contributed by atoms with van der Waals surface area (Å²) in [5, 5.41) is 14.0. The van der Waals surface area contributed by atoms with Gasteiger partial charge in [-0.15, -0.1) is 0 Å². The number of aliphatic hydroxyl groups excluding tert-OH is 1. The molecule has 3 N–H and O–H groups in total. The topological polar surface area (TPSA) is 78.4 Å². The highest BCUT2D eigenvalue weighted by molar-refractivity contribution is 5.97. The molecule has 1 unspecified atom stereocenters. The van der Waals surface area contributed by atoms with E-state index in [4.69, 9.17) is 5.11 Å². The first-order valence-corrected chi connectivity index (χ1v) is 6.86. The summed E-state index contributed by atoms with van der Waals surface area (Å²) in [6.07, 6.45) is 0.845. The smallest absolute Gasteiger partial charge is 0.251 e. The molecule has 1 aromatic rings. The molecule has 21 heavy (non-hydrogen) atoms. The van der Waals surface area contributed by atoms with Crippen LogP contribution in [0, 0.1) is 11.8 Å². The van der Waals surface area contributed by atoms with Gasteiger partial charge >= 0.3 is 0 Å². The molecule has 112 valence electrons. The largest absolute Gasteiger partial charge is 0.384 e. The van der Waals surface area contributed by atoms with Gasteiger partial charge in [-0.1, -0.05) is 24.8 Å². The lowest BCUT2D eigenvalue weighted by Crippen LogP contribution is -2.45. The molecule has 1 rings (SSSR count). The van der Waals surface area contributed by atoms with Crippen molar-refractivity contribution in [3.63, 3.8) is 0 Å². The molecule has 5 heteroatoms. The predicted molar refractivity (Wildman–Crippen MR) is 80.6 cm³/mol. The molecule has 5 nitrogen and oxygen atoms in total. The van der Waals surface area contributed by atoms with E-state index in [1.54, 1.807) is 31.2 Å². The molecule has 0 heterocycles. The summed E-state index contributed by atoms with van der Waals surface area (Å²) in [4.78, 5) is 23.8. The van der Waals surface area contributed by atoms with E-state index in [9.17, 15) is 9.59 Å². The minimum atomic E-state index is -0.601. The summed E-state index contributed by atoms with van der Waals surface area (Å²) in [5.41, 5.74) is 1.06. The second-order valence-electron chi connectivity index (χ2n) is 4.53. The van der Waals surface area contributed by atoms with Crippen molar-refractivity contribution in [1.29, 1.82) is 0 Å². The van der Waals surface area contributed by atoms with Crippen LogP contribution in [0.3, 0.4) is 0 Å². The number of hydrogen-bond donors (Lipinski definition) is 3. The number of nitrogens with one attached hydrogen (secondary N) is 2. The van der Waals surface area contributed by atoms with Crippen molar-refractivity contribution >= 4 is 11.8 Å². The van der Waals surface area contributed by atoms with E-state index in [2.05, 4.69) is 22.5 Å². The minimum absolute atomic E-state index is 0.207. The van der Waals surface area contributed by atoms with Gasteiger partial charge in [0.05, 0.1) is 0 Å². The van der Waals surface area contributed by atoms with Crippen LogP contribution in [-0.4, -0.2) is 36.1 Å². The van der Waals surface area contributed by atoms with E-state index in [-0.39, 0.29) is 18.4 Å². The van der Waals surface area contributed by atoms with Gasteiger partial charge in [0.2, 0.25) is 5.91 Å². The van der Waals surface area contributed by atoms with Gasteiger partial charge in [0.25, 0.3) is 5.91 Å². The Morgan fingerprint density at radius 3 is 2.81 bits per heavy atom. The van der Waals surface area contributed by atoms with E-state index in [1.165, 1.54) is 0 Å². The Balaban J connectivity index is 2.69. The second-order valence-corrected chi connectivity index (χ2v) is 4.53. The number of carbonyl (C=O) groups is 2. The first-order chi connectivity index (χ1) is 10.1. The Morgan fingerprint density at radius 1 is 1.38 bits per heavy atom. The monoisotopic (exact) mass is 288 g/mol. The maximum atomic E-state index is 12.1. The lowest BCUT2D eigenvalue weighted by atomic mass is 10.1. The zero-order chi connectivity index (χ0) is 15.7. The van der Waals surface area contributed by atoms with Gasteiger partial charge in [0.1, 0.15) is 12.6 Å². The maximum absolute atomic E-state index is 12.1. The first kappa shape index (κ1) is 16.7. The van der Waals surface area contributed by atoms with Crippen molar-refractivity contribution in [2.45, 2.75) is 26.3 Å². The van der Waals surface area contributed by atoms with E-state index in [0.29, 0.717) is 17.7 Å². The van der Waals surface area contributed by atoms with E-state index in [1.807, 2.05) is 6.92 Å². The molecule has 1 aromatic carbocycles. The van der Waals surface area contributed by atoms with Crippen molar-refractivity contribution in [3.05, 3.63) is 35.4 Å². The normalized spacial score (nSPS) is 11.0. The van der Waals surface area contributed by atoms with Crippen LogP contribution in [0.1, 0.15) is 36.2 Å². The van der Waals surface area contributed by atoms with Crippen LogP contribution in [0.2, 0.25) is 0 Å². The van der Waals surface area contributed by atoms with Crippen LogP contribution in [0.15, 0.2) is 24.3 Å². The Hall–Kier alpha value is -2.32. The summed E-state index contributed by atoms with van der Waals surface area (Å²) in [6, 6.07) is 6.12. The van der Waals surface area contributed by atoms with Gasteiger partial charge in [-0.3, -0.25) is 9.59 Å². The van der Waals surface area contributed by atoms with Crippen LogP contribution in [0.5, 0.6) is 0 Å². The van der Waals surface area contributed by atoms with Crippen molar-refractivity contribution in [2.75, 3.05) is 13.2 Å². The van der Waals surface area contributed by atoms with Crippen LogP contribution in [0.25, 0.3) is 0 Å². The number of carbonyl (C=O) groups excluding carboxylic acids is 2. The molecular weight excluding hydrogens is 268 g/mol. The van der Waals surface area contributed by atoms with Crippen molar-refractivity contribution in [1.82, 2.24) is 10.6 Å². The minimum Gasteiger partial charge on any atom is -0.384 e. The number of amides is 2. The van der Waals surface area contributed by atoms with Crippen LogP contribution in [0.4, 0.5) is 0 Å². The molecule has 0 spiro atoms. The molecule has 1 atom stereocenters. The van der Waals surface area contributed by atoms with Crippen LogP contribution >= 0.6 is 0 Å². The molecule has 0 radical (unpaired) electrons. The maximum Gasteiger partial charge on any atom is 0.251 e. The van der Waals surface area contributed by atoms with Crippen molar-refractivity contribution in [2.24, 2.45) is 0 Å². The molecule has 0 aromatic heterocycles. The molecule has 0 bridgehead atoms. The highest BCUT2D eigenvalue weighted by Gasteiger charge is 2.15. The highest BCUT2D eigenvalue weighted by atomic mass is 16.2. The van der Waals surface area contributed by atoms with Gasteiger partial charge in [-0.2, -0.15) is 0 Å². The Labute approximate surface area is 124 Å². The number of hydrogen-bond acceptors (Lipinski definition) is 3. The third-order valence-electron chi connectivity index (χ3n) is 2.73. The lowest BCUT2D eigenvalue weighted by Gasteiger charge is -2.13. The van der Waals surface area contributed by atoms with Gasteiger partial charge in [0.15, 0.2) is 0 Å². The molecule has 2 amide bonds. The van der Waals surface area contributed by atoms with Gasteiger partial charge in [0, 0.05) is 17.7 Å². The Kier molecular flexibility index (Phi) is 6.99. The fraction of sp³-hybridized carbons (Fsp3) is 0.375. The van der Waals surface area contributed by atoms with Gasteiger partial charge in [-0.05, 0) is 31.5 Å². The molecule has 0 saturated heterocycles. The molecule has 0 aliphatic heterocycles. The first-order valence-electron chi connectivity index (χ1n) is 6.86. The van der Waals surface area contributed by atoms with Gasteiger partial charge < -0.3 is 15.7 Å². The third kappa shape index (κ3) is 5.67. The number of aliphatic hydroxyl groups is 1. The van der Waals surface area contributed by atoms with Crippen LogP contribution in [-0.2, 0) is 4.79 Å². The van der Waals surface area contributed by atoms with Crippen molar-refractivity contribution < 1.29 is 14.7 Å². The lowest BCUT2D eigenvalue weighted by molar-refractivity contribution is -0.122.